The lowest BCUT2D eigenvalue weighted by molar-refractivity contribution is 0.112. The van der Waals surface area contributed by atoms with Crippen LogP contribution in [0.4, 0.5) is 5.69 Å². The van der Waals surface area contributed by atoms with Gasteiger partial charge in [-0.05, 0) is 48.2 Å². The Morgan fingerprint density at radius 1 is 1.11 bits per heavy atom. The second-order valence-corrected chi connectivity index (χ2v) is 7.35. The van der Waals surface area contributed by atoms with Crippen LogP contribution in [0.1, 0.15) is 27.9 Å². The average molecular weight is 372 g/mol. The molecule has 1 aliphatic heterocycles. The number of hydrogen-bond donors (Lipinski definition) is 0. The fourth-order valence-electron chi connectivity index (χ4n) is 3.74. The minimum Gasteiger partial charge on any atom is -0.472 e. The zero-order chi connectivity index (χ0) is 19.5. The first kappa shape index (κ1) is 18.2. The smallest absolute Gasteiger partial charge is 0.213 e. The van der Waals surface area contributed by atoms with Crippen LogP contribution < -0.4 is 9.64 Å². The summed E-state index contributed by atoms with van der Waals surface area (Å²) in [5.74, 6) is 0.656. The summed E-state index contributed by atoms with van der Waals surface area (Å²) < 4.78 is 6.02. The van der Waals surface area contributed by atoms with Crippen LogP contribution in [-0.2, 0) is 0 Å². The van der Waals surface area contributed by atoms with Crippen molar-refractivity contribution < 1.29 is 9.53 Å². The average Bonchev–Trinajstić information content (AvgIpc) is 3.18. The molecule has 0 radical (unpaired) electrons. The monoisotopic (exact) mass is 372 g/mol. The highest BCUT2D eigenvalue weighted by molar-refractivity contribution is 5.88. The highest BCUT2D eigenvalue weighted by Crippen LogP contribution is 2.31. The lowest BCUT2D eigenvalue weighted by atomic mass is 9.98. The van der Waals surface area contributed by atoms with Crippen LogP contribution in [0.15, 0.2) is 60.8 Å². The maximum absolute atomic E-state index is 11.8. The van der Waals surface area contributed by atoms with Gasteiger partial charge in [0.2, 0.25) is 5.88 Å². The third-order valence-corrected chi connectivity index (χ3v) is 5.27. The van der Waals surface area contributed by atoms with E-state index in [-0.39, 0.29) is 6.10 Å². The van der Waals surface area contributed by atoms with Crippen molar-refractivity contribution in [2.24, 2.45) is 0 Å². The fraction of sp³-hybridized carbons (Fsp3) is 0.250. The van der Waals surface area contributed by atoms with Gasteiger partial charge in [-0.2, -0.15) is 0 Å². The Morgan fingerprint density at radius 3 is 2.71 bits per heavy atom. The molecule has 1 aliphatic rings. The van der Waals surface area contributed by atoms with E-state index in [4.69, 9.17) is 4.74 Å². The van der Waals surface area contributed by atoms with Gasteiger partial charge in [0.15, 0.2) is 6.29 Å². The molecule has 4 nitrogen and oxygen atoms in total. The second kappa shape index (κ2) is 7.85. The van der Waals surface area contributed by atoms with Crippen LogP contribution >= 0.6 is 0 Å². The lowest BCUT2D eigenvalue weighted by Gasteiger charge is -2.21. The predicted molar refractivity (Wildman–Crippen MR) is 112 cm³/mol. The summed E-state index contributed by atoms with van der Waals surface area (Å²) >= 11 is 0. The minimum absolute atomic E-state index is 0.0748. The number of aldehydes is 1. The quantitative estimate of drug-likeness (QED) is 0.601. The molecule has 1 saturated heterocycles. The van der Waals surface area contributed by atoms with Crippen molar-refractivity contribution in [3.8, 4) is 17.0 Å². The second-order valence-electron chi connectivity index (χ2n) is 7.35. The molecule has 0 bridgehead atoms. The molecule has 0 aliphatic carbocycles. The number of nitrogens with zero attached hydrogens (tertiary/aromatic N) is 2. The highest BCUT2D eigenvalue weighted by atomic mass is 16.5. The Morgan fingerprint density at radius 2 is 1.96 bits per heavy atom. The molecular formula is C24H24N2O2. The Labute approximate surface area is 165 Å². The van der Waals surface area contributed by atoms with E-state index in [1.54, 1.807) is 0 Å². The van der Waals surface area contributed by atoms with Crippen LogP contribution in [0.25, 0.3) is 11.1 Å². The molecule has 0 saturated carbocycles. The highest BCUT2D eigenvalue weighted by Gasteiger charge is 2.26. The van der Waals surface area contributed by atoms with Crippen molar-refractivity contribution in [3.63, 3.8) is 0 Å². The van der Waals surface area contributed by atoms with E-state index in [0.717, 1.165) is 53.7 Å². The number of anilines is 1. The van der Waals surface area contributed by atoms with E-state index in [0.29, 0.717) is 5.88 Å². The van der Waals surface area contributed by atoms with Gasteiger partial charge < -0.3 is 9.64 Å². The topological polar surface area (TPSA) is 42.4 Å². The third-order valence-electron chi connectivity index (χ3n) is 5.27. The van der Waals surface area contributed by atoms with Crippen LogP contribution in [0.2, 0.25) is 0 Å². The summed E-state index contributed by atoms with van der Waals surface area (Å²) in [6.45, 7) is 5.71. The van der Waals surface area contributed by atoms with Gasteiger partial charge in [-0.3, -0.25) is 4.79 Å². The SMILES string of the molecule is Cc1ccc(O[C@H]2CCN(c3ccc(-c4ccccc4C)cc3C=O)C2)nc1. The van der Waals surface area contributed by atoms with E-state index in [1.807, 2.05) is 43.5 Å². The molecule has 3 aromatic rings. The number of carbonyl (C=O) groups is 1. The first-order valence-corrected chi connectivity index (χ1v) is 9.63. The molecule has 28 heavy (non-hydrogen) atoms. The molecule has 0 N–H and O–H groups in total. The number of hydrogen-bond acceptors (Lipinski definition) is 4. The normalized spacial score (nSPS) is 16.2. The number of pyridine rings is 1. The molecule has 4 rings (SSSR count). The minimum atomic E-state index is 0.0748. The predicted octanol–water partition coefficient (Wildman–Crippen LogP) is 4.84. The lowest BCUT2D eigenvalue weighted by Crippen LogP contribution is -2.25. The Kier molecular flexibility index (Phi) is 5.11. The molecule has 0 spiro atoms. The molecular weight excluding hydrogens is 348 g/mol. The molecule has 0 unspecified atom stereocenters. The maximum Gasteiger partial charge on any atom is 0.213 e. The molecule has 1 aromatic heterocycles. The first-order chi connectivity index (χ1) is 13.6. The van der Waals surface area contributed by atoms with Crippen molar-refractivity contribution in [1.29, 1.82) is 0 Å². The number of benzene rings is 2. The van der Waals surface area contributed by atoms with E-state index in [2.05, 4.69) is 41.1 Å². The number of ether oxygens (including phenoxy) is 1. The van der Waals surface area contributed by atoms with E-state index in [1.165, 1.54) is 5.56 Å². The summed E-state index contributed by atoms with van der Waals surface area (Å²) in [5.41, 5.74) is 6.23. The van der Waals surface area contributed by atoms with Gasteiger partial charge in [0.1, 0.15) is 6.10 Å². The van der Waals surface area contributed by atoms with Gasteiger partial charge in [0, 0.05) is 36.5 Å². The zero-order valence-electron chi connectivity index (χ0n) is 16.3. The summed E-state index contributed by atoms with van der Waals surface area (Å²) in [6.07, 6.45) is 3.75. The molecule has 142 valence electrons. The van der Waals surface area contributed by atoms with Crippen LogP contribution in [0, 0.1) is 13.8 Å². The summed E-state index contributed by atoms with van der Waals surface area (Å²) in [5, 5.41) is 0. The first-order valence-electron chi connectivity index (χ1n) is 9.63. The van der Waals surface area contributed by atoms with Crippen molar-refractivity contribution in [3.05, 3.63) is 77.5 Å². The molecule has 2 aromatic carbocycles. The van der Waals surface area contributed by atoms with Gasteiger partial charge in [0.25, 0.3) is 0 Å². The summed E-state index contributed by atoms with van der Waals surface area (Å²) in [7, 11) is 0. The summed E-state index contributed by atoms with van der Waals surface area (Å²) in [4.78, 5) is 18.3. The number of carbonyl (C=O) groups excluding carboxylic acids is 1. The fourth-order valence-corrected chi connectivity index (χ4v) is 3.74. The number of aryl methyl sites for hydroxylation is 2. The van der Waals surface area contributed by atoms with E-state index >= 15 is 0 Å². The Bertz CT molecular complexity index is 982. The van der Waals surface area contributed by atoms with Crippen LogP contribution in [-0.4, -0.2) is 30.5 Å². The van der Waals surface area contributed by atoms with Gasteiger partial charge in [-0.1, -0.05) is 36.4 Å². The standard InChI is InChI=1S/C24H24N2O2/c1-17-7-10-24(25-14-17)28-21-11-12-26(15-21)23-9-8-19(13-20(23)16-27)22-6-4-3-5-18(22)2/h3-10,13-14,16,21H,11-12,15H2,1-2H3/t21-/m0/s1. The number of aromatic nitrogens is 1. The van der Waals surface area contributed by atoms with Gasteiger partial charge in [-0.25, -0.2) is 4.98 Å². The number of rotatable bonds is 5. The van der Waals surface area contributed by atoms with Crippen molar-refractivity contribution in [1.82, 2.24) is 4.98 Å². The third kappa shape index (κ3) is 3.77. The van der Waals surface area contributed by atoms with Gasteiger partial charge in [-0.15, -0.1) is 0 Å². The van der Waals surface area contributed by atoms with Gasteiger partial charge in [0.05, 0.1) is 6.54 Å². The molecule has 0 amide bonds. The zero-order valence-corrected chi connectivity index (χ0v) is 16.3. The summed E-state index contributed by atoms with van der Waals surface area (Å²) in [6, 6.07) is 18.3. The van der Waals surface area contributed by atoms with Crippen LogP contribution in [0.5, 0.6) is 5.88 Å². The molecule has 1 fully saturated rings. The van der Waals surface area contributed by atoms with E-state index < -0.39 is 0 Å². The largest absolute Gasteiger partial charge is 0.472 e. The molecule has 2 heterocycles. The Balaban J connectivity index is 1.52. The van der Waals surface area contributed by atoms with E-state index in [9.17, 15) is 4.79 Å². The van der Waals surface area contributed by atoms with Crippen molar-refractivity contribution >= 4 is 12.0 Å². The van der Waals surface area contributed by atoms with Crippen molar-refractivity contribution in [2.45, 2.75) is 26.4 Å². The van der Waals surface area contributed by atoms with Crippen LogP contribution in [0.3, 0.4) is 0 Å². The van der Waals surface area contributed by atoms with Crippen molar-refractivity contribution in [2.75, 3.05) is 18.0 Å². The maximum atomic E-state index is 11.8. The Hall–Kier alpha value is -3.14. The molecule has 1 atom stereocenters. The molecule has 4 heteroatoms. The van der Waals surface area contributed by atoms with Gasteiger partial charge >= 0.3 is 0 Å².